The number of likely N-dealkylation sites (N-methyl/N-ethyl adjacent to an activating group) is 1. The lowest BCUT2D eigenvalue weighted by atomic mass is 9.88. The van der Waals surface area contributed by atoms with E-state index in [4.69, 9.17) is 4.74 Å². The highest BCUT2D eigenvalue weighted by molar-refractivity contribution is 5.72. The maximum Gasteiger partial charge on any atom is 0.415 e. The molecule has 3 saturated heterocycles. The number of piperidine rings is 1. The number of para-hydroxylation sites is 1. The van der Waals surface area contributed by atoms with Crippen LogP contribution in [0.25, 0.3) is 0 Å². The van der Waals surface area contributed by atoms with Crippen molar-refractivity contribution in [3.05, 3.63) is 30.3 Å². The van der Waals surface area contributed by atoms with Crippen molar-refractivity contribution < 1.29 is 9.53 Å². The van der Waals surface area contributed by atoms with Crippen molar-refractivity contribution in [1.82, 2.24) is 9.80 Å². The van der Waals surface area contributed by atoms with Crippen LogP contribution in [0, 0.1) is 0 Å². The lowest BCUT2D eigenvalue weighted by Gasteiger charge is -2.54. The van der Waals surface area contributed by atoms with Gasteiger partial charge < -0.3 is 9.64 Å². The number of hydrogen-bond donors (Lipinski definition) is 0. The van der Waals surface area contributed by atoms with Gasteiger partial charge in [0.05, 0.1) is 12.1 Å². The maximum absolute atomic E-state index is 12.0. The fourth-order valence-corrected chi connectivity index (χ4v) is 2.76. The average Bonchev–Trinajstić information content (AvgIpc) is 2.29. The van der Waals surface area contributed by atoms with Gasteiger partial charge in [-0.15, -0.1) is 0 Å². The second-order valence-corrected chi connectivity index (χ2v) is 4.85. The van der Waals surface area contributed by atoms with E-state index in [0.717, 1.165) is 19.5 Å². The zero-order chi connectivity index (χ0) is 11.8. The molecule has 3 heterocycles. The molecular formula is C13H16N2O2. The van der Waals surface area contributed by atoms with E-state index in [1.807, 2.05) is 23.1 Å². The summed E-state index contributed by atoms with van der Waals surface area (Å²) in [4.78, 5) is 16.2. The van der Waals surface area contributed by atoms with Crippen molar-refractivity contribution in [3.63, 3.8) is 0 Å². The van der Waals surface area contributed by atoms with Gasteiger partial charge in [0.1, 0.15) is 5.75 Å². The predicted octanol–water partition coefficient (Wildman–Crippen LogP) is 1.57. The molecule has 0 aromatic heterocycles. The van der Waals surface area contributed by atoms with Gasteiger partial charge in [0.25, 0.3) is 0 Å². The van der Waals surface area contributed by atoms with Crippen molar-refractivity contribution >= 4 is 6.09 Å². The molecule has 17 heavy (non-hydrogen) atoms. The molecule has 1 aromatic rings. The number of carbonyl (C=O) groups excluding carboxylic acids is 1. The molecule has 0 radical (unpaired) electrons. The van der Waals surface area contributed by atoms with E-state index in [1.165, 1.54) is 0 Å². The summed E-state index contributed by atoms with van der Waals surface area (Å²) in [7, 11) is 2.10. The lowest BCUT2D eigenvalue weighted by Crippen LogP contribution is -2.69. The number of piperazine rings is 1. The molecule has 1 amide bonds. The third kappa shape index (κ3) is 1.89. The monoisotopic (exact) mass is 232 g/mol. The van der Waals surface area contributed by atoms with Crippen LogP contribution in [0.3, 0.4) is 0 Å². The Labute approximate surface area is 101 Å². The van der Waals surface area contributed by atoms with E-state index in [9.17, 15) is 4.79 Å². The number of hydrogen-bond acceptors (Lipinski definition) is 3. The number of fused-ring (bicyclic) bond motifs is 2. The van der Waals surface area contributed by atoms with Gasteiger partial charge in [-0.1, -0.05) is 18.2 Å². The fourth-order valence-electron chi connectivity index (χ4n) is 2.76. The molecule has 3 aliphatic rings. The summed E-state index contributed by atoms with van der Waals surface area (Å²) < 4.78 is 5.36. The minimum atomic E-state index is -0.203. The Morgan fingerprint density at radius 2 is 1.88 bits per heavy atom. The molecule has 0 N–H and O–H groups in total. The van der Waals surface area contributed by atoms with Crippen LogP contribution in [-0.4, -0.2) is 48.1 Å². The molecule has 4 nitrogen and oxygen atoms in total. The van der Waals surface area contributed by atoms with E-state index in [0.29, 0.717) is 17.8 Å². The molecule has 3 aliphatic heterocycles. The van der Waals surface area contributed by atoms with Crippen molar-refractivity contribution in [3.8, 4) is 5.75 Å². The first-order valence-electron chi connectivity index (χ1n) is 5.98. The highest BCUT2D eigenvalue weighted by atomic mass is 16.6. The van der Waals surface area contributed by atoms with Crippen LogP contribution >= 0.6 is 0 Å². The first-order valence-corrected chi connectivity index (χ1v) is 5.98. The van der Waals surface area contributed by atoms with Gasteiger partial charge in [-0.2, -0.15) is 0 Å². The van der Waals surface area contributed by atoms with Gasteiger partial charge >= 0.3 is 6.09 Å². The van der Waals surface area contributed by atoms with Gasteiger partial charge in [-0.25, -0.2) is 4.79 Å². The van der Waals surface area contributed by atoms with Crippen LogP contribution < -0.4 is 4.74 Å². The highest BCUT2D eigenvalue weighted by Gasteiger charge is 2.47. The van der Waals surface area contributed by atoms with E-state index >= 15 is 0 Å². The van der Waals surface area contributed by atoms with E-state index in [2.05, 4.69) is 11.9 Å². The fraction of sp³-hybridized carbons (Fsp3) is 0.462. The van der Waals surface area contributed by atoms with Crippen LogP contribution in [0.15, 0.2) is 30.3 Å². The molecule has 2 unspecified atom stereocenters. The molecular weight excluding hydrogens is 216 g/mol. The molecule has 0 aliphatic carbocycles. The minimum Gasteiger partial charge on any atom is -0.410 e. The lowest BCUT2D eigenvalue weighted by molar-refractivity contribution is -0.0397. The highest BCUT2D eigenvalue weighted by Crippen LogP contribution is 2.32. The van der Waals surface area contributed by atoms with Crippen molar-refractivity contribution in [2.45, 2.75) is 18.5 Å². The molecule has 4 heteroatoms. The predicted molar refractivity (Wildman–Crippen MR) is 64.0 cm³/mol. The molecule has 1 aromatic carbocycles. The summed E-state index contributed by atoms with van der Waals surface area (Å²) >= 11 is 0. The Bertz CT molecular complexity index is 409. The van der Waals surface area contributed by atoms with E-state index in [1.54, 1.807) is 12.1 Å². The second kappa shape index (κ2) is 4.04. The normalized spacial score (nSPS) is 27.5. The molecule has 2 atom stereocenters. The second-order valence-electron chi connectivity index (χ2n) is 4.85. The quantitative estimate of drug-likeness (QED) is 0.737. The van der Waals surface area contributed by atoms with E-state index < -0.39 is 0 Å². The SMILES string of the molecule is CN1CC2CC(C1)N2C(=O)Oc1ccccc1. The van der Waals surface area contributed by atoms with Gasteiger partial charge in [0.2, 0.25) is 0 Å². The smallest absolute Gasteiger partial charge is 0.410 e. The number of nitrogens with zero attached hydrogens (tertiary/aromatic N) is 2. The van der Waals surface area contributed by atoms with Gasteiger partial charge in [0, 0.05) is 13.1 Å². The Balaban J connectivity index is 1.65. The Kier molecular flexibility index (Phi) is 2.52. The van der Waals surface area contributed by atoms with Crippen LogP contribution in [0.5, 0.6) is 5.75 Å². The third-order valence-corrected chi connectivity index (χ3v) is 3.53. The van der Waals surface area contributed by atoms with Gasteiger partial charge in [0.15, 0.2) is 0 Å². The number of benzene rings is 1. The summed E-state index contributed by atoms with van der Waals surface area (Å²) in [6.07, 6.45) is 0.916. The van der Waals surface area contributed by atoms with Crippen LogP contribution in [0.1, 0.15) is 6.42 Å². The Morgan fingerprint density at radius 1 is 1.24 bits per heavy atom. The first kappa shape index (κ1) is 10.6. The molecule has 0 spiro atoms. The zero-order valence-electron chi connectivity index (χ0n) is 9.87. The van der Waals surface area contributed by atoms with Crippen LogP contribution in [0.4, 0.5) is 4.79 Å². The topological polar surface area (TPSA) is 32.8 Å². The van der Waals surface area contributed by atoms with Crippen LogP contribution in [-0.2, 0) is 0 Å². The zero-order valence-corrected chi connectivity index (χ0v) is 9.87. The molecule has 2 bridgehead atoms. The molecule has 90 valence electrons. The molecule has 0 saturated carbocycles. The van der Waals surface area contributed by atoms with Crippen molar-refractivity contribution in [1.29, 1.82) is 0 Å². The molecule has 4 rings (SSSR count). The third-order valence-electron chi connectivity index (χ3n) is 3.53. The Hall–Kier alpha value is -1.55. The Morgan fingerprint density at radius 3 is 2.53 bits per heavy atom. The summed E-state index contributed by atoms with van der Waals surface area (Å²) in [5, 5.41) is 0. The average molecular weight is 232 g/mol. The first-order chi connectivity index (χ1) is 8.24. The largest absolute Gasteiger partial charge is 0.415 e. The van der Waals surface area contributed by atoms with Crippen LogP contribution in [0.2, 0.25) is 0 Å². The van der Waals surface area contributed by atoms with E-state index in [-0.39, 0.29) is 6.09 Å². The number of ether oxygens (including phenoxy) is 1. The summed E-state index contributed by atoms with van der Waals surface area (Å²) in [6.45, 7) is 1.92. The maximum atomic E-state index is 12.0. The number of rotatable bonds is 1. The summed E-state index contributed by atoms with van der Waals surface area (Å²) in [5.41, 5.74) is 0. The van der Waals surface area contributed by atoms with Crippen molar-refractivity contribution in [2.24, 2.45) is 0 Å². The minimum absolute atomic E-state index is 0.203. The molecule has 3 fully saturated rings. The standard InChI is InChI=1S/C13H16N2O2/c1-14-8-10-7-11(9-14)15(10)13(16)17-12-5-3-2-4-6-12/h2-6,10-11H,7-9H2,1H3. The van der Waals surface area contributed by atoms with Gasteiger partial charge in [-0.05, 0) is 25.6 Å². The number of carbonyl (C=O) groups is 1. The van der Waals surface area contributed by atoms with Crippen molar-refractivity contribution in [2.75, 3.05) is 20.1 Å². The summed E-state index contributed by atoms with van der Waals surface area (Å²) in [5.74, 6) is 0.621. The number of amides is 1. The van der Waals surface area contributed by atoms with Gasteiger partial charge in [-0.3, -0.25) is 4.90 Å². The summed E-state index contributed by atoms with van der Waals surface area (Å²) in [6, 6.07) is 9.94.